The number of amidine groups is 1. The minimum absolute atomic E-state index is 0.175. The third-order valence-electron chi connectivity index (χ3n) is 3.95. The summed E-state index contributed by atoms with van der Waals surface area (Å²) >= 11 is 7.40. The van der Waals surface area contributed by atoms with Crippen LogP contribution in [0.1, 0.15) is 5.56 Å². The molecule has 114 valence electrons. The van der Waals surface area contributed by atoms with Crippen molar-refractivity contribution in [1.82, 2.24) is 4.90 Å². The van der Waals surface area contributed by atoms with E-state index in [0.29, 0.717) is 17.3 Å². The van der Waals surface area contributed by atoms with Gasteiger partial charge in [-0.25, -0.2) is 0 Å². The molecule has 1 aromatic rings. The van der Waals surface area contributed by atoms with Crippen LogP contribution < -0.4 is 0 Å². The highest BCUT2D eigenvalue weighted by molar-refractivity contribution is 8.14. The first-order valence-corrected chi connectivity index (χ1v) is 8.15. The van der Waals surface area contributed by atoms with Gasteiger partial charge in [0.1, 0.15) is 12.2 Å². The maximum Gasteiger partial charge on any atom is 0.160 e. The van der Waals surface area contributed by atoms with Gasteiger partial charge >= 0.3 is 0 Å². The number of hydrogen-bond acceptors (Lipinski definition) is 5. The predicted molar refractivity (Wildman–Crippen MR) is 83.6 cm³/mol. The van der Waals surface area contributed by atoms with Gasteiger partial charge in [-0.1, -0.05) is 35.5 Å². The van der Waals surface area contributed by atoms with E-state index in [9.17, 15) is 15.3 Å². The number of hydrogen-bond donors (Lipinski definition) is 3. The van der Waals surface area contributed by atoms with Crippen LogP contribution >= 0.6 is 23.4 Å². The van der Waals surface area contributed by atoms with Crippen molar-refractivity contribution < 1.29 is 15.3 Å². The second-order valence-corrected chi connectivity index (χ2v) is 6.67. The molecule has 3 N–H and O–H groups in total. The number of thioether (sulfide) groups is 1. The minimum atomic E-state index is -0.929. The zero-order chi connectivity index (χ0) is 15.0. The summed E-state index contributed by atoms with van der Waals surface area (Å²) in [5.41, 5.74) is 1.04. The lowest BCUT2D eigenvalue weighted by Gasteiger charge is -2.24. The Balaban J connectivity index is 1.76. The van der Waals surface area contributed by atoms with E-state index < -0.39 is 18.2 Å². The van der Waals surface area contributed by atoms with Gasteiger partial charge in [0.05, 0.1) is 25.2 Å². The van der Waals surface area contributed by atoms with Crippen LogP contribution in [0, 0.1) is 0 Å². The van der Waals surface area contributed by atoms with Gasteiger partial charge in [-0.15, -0.1) is 0 Å². The van der Waals surface area contributed by atoms with Crippen LogP contribution in [0.15, 0.2) is 29.3 Å². The molecule has 2 fully saturated rings. The Labute approximate surface area is 132 Å². The molecule has 3 rings (SSSR count). The zero-order valence-electron chi connectivity index (χ0n) is 11.3. The second kappa shape index (κ2) is 6.14. The number of aliphatic hydroxyl groups excluding tert-OH is 3. The molecule has 7 heteroatoms. The molecular formula is C14H17ClN2O3S. The fourth-order valence-electron chi connectivity index (χ4n) is 2.80. The molecule has 2 saturated heterocycles. The predicted octanol–water partition coefficient (Wildman–Crippen LogP) is 0.710. The molecule has 0 aromatic heterocycles. The van der Waals surface area contributed by atoms with Crippen LogP contribution in [0.5, 0.6) is 0 Å². The van der Waals surface area contributed by atoms with Gasteiger partial charge in [-0.2, -0.15) is 0 Å². The van der Waals surface area contributed by atoms with Gasteiger partial charge in [0.15, 0.2) is 5.17 Å². The third-order valence-corrected chi connectivity index (χ3v) is 5.31. The van der Waals surface area contributed by atoms with Crippen LogP contribution in [0.2, 0.25) is 5.02 Å². The van der Waals surface area contributed by atoms with E-state index in [4.69, 9.17) is 11.6 Å². The van der Waals surface area contributed by atoms with E-state index in [0.717, 1.165) is 10.7 Å². The van der Waals surface area contributed by atoms with E-state index >= 15 is 0 Å². The normalized spacial score (nSPS) is 33.7. The monoisotopic (exact) mass is 328 g/mol. The Hall–Kier alpha value is -0.790. The summed E-state index contributed by atoms with van der Waals surface area (Å²) in [6, 6.07) is 6.82. The van der Waals surface area contributed by atoms with Crippen molar-refractivity contribution in [2.75, 3.05) is 12.4 Å². The van der Waals surface area contributed by atoms with Gasteiger partial charge in [0, 0.05) is 10.8 Å². The van der Waals surface area contributed by atoms with E-state index in [1.807, 2.05) is 29.2 Å². The largest absolute Gasteiger partial charge is 0.394 e. The quantitative estimate of drug-likeness (QED) is 0.762. The molecule has 2 heterocycles. The van der Waals surface area contributed by atoms with Crippen molar-refractivity contribution in [3.63, 3.8) is 0 Å². The third kappa shape index (κ3) is 2.78. The summed E-state index contributed by atoms with van der Waals surface area (Å²) in [5, 5.41) is 30.9. The number of nitrogens with zero attached hydrogens (tertiary/aromatic N) is 2. The van der Waals surface area contributed by atoms with Crippen LogP contribution in [0.4, 0.5) is 0 Å². The maximum atomic E-state index is 10.0. The number of halogens is 1. The number of fused-ring (bicyclic) bond motifs is 1. The van der Waals surface area contributed by atoms with Crippen LogP contribution in [0.3, 0.4) is 0 Å². The molecule has 4 atom stereocenters. The lowest BCUT2D eigenvalue weighted by atomic mass is 10.1. The Morgan fingerprint density at radius 2 is 1.95 bits per heavy atom. The van der Waals surface area contributed by atoms with E-state index in [1.165, 1.54) is 0 Å². The Morgan fingerprint density at radius 3 is 2.62 bits per heavy atom. The van der Waals surface area contributed by atoms with Crippen LogP contribution in [-0.2, 0) is 6.54 Å². The Bertz CT molecular complexity index is 538. The highest BCUT2D eigenvalue weighted by atomic mass is 35.5. The standard InChI is InChI=1S/C14H17ClN2O3S/c15-9-3-1-8(2-4-9)5-16-14-17-10(6-18)12(19)13(20)11(17)7-21-14/h1-4,10-13,18-20H,5-7H2/t10-,11-,12-,13-/m0/s1. The summed E-state index contributed by atoms with van der Waals surface area (Å²) in [7, 11) is 0. The van der Waals surface area contributed by atoms with Crippen molar-refractivity contribution in [1.29, 1.82) is 0 Å². The first-order chi connectivity index (χ1) is 10.1. The number of rotatable bonds is 3. The van der Waals surface area contributed by atoms with Gasteiger partial charge in [-0.3, -0.25) is 4.99 Å². The molecule has 5 nitrogen and oxygen atoms in total. The molecule has 0 saturated carbocycles. The van der Waals surface area contributed by atoms with Gasteiger partial charge < -0.3 is 20.2 Å². The first kappa shape index (κ1) is 15.1. The summed E-state index contributed by atoms with van der Waals surface area (Å²) in [6.45, 7) is 0.308. The van der Waals surface area contributed by atoms with Crippen molar-refractivity contribution in [3.05, 3.63) is 34.9 Å². The first-order valence-electron chi connectivity index (χ1n) is 6.79. The number of aliphatic hydroxyl groups is 3. The van der Waals surface area contributed by atoms with Gasteiger partial charge in [0.25, 0.3) is 0 Å². The molecule has 0 spiro atoms. The Morgan fingerprint density at radius 1 is 1.24 bits per heavy atom. The van der Waals surface area contributed by atoms with Crippen molar-refractivity contribution in [3.8, 4) is 0 Å². The summed E-state index contributed by atoms with van der Waals surface area (Å²) in [6.07, 6.45) is -1.76. The highest BCUT2D eigenvalue weighted by Crippen LogP contribution is 2.36. The fourth-order valence-corrected chi connectivity index (χ4v) is 4.18. The van der Waals surface area contributed by atoms with E-state index in [-0.39, 0.29) is 12.6 Å². The topological polar surface area (TPSA) is 76.3 Å². The van der Waals surface area contributed by atoms with Gasteiger partial charge in [0.2, 0.25) is 0 Å². The molecule has 0 aliphatic carbocycles. The zero-order valence-corrected chi connectivity index (χ0v) is 12.8. The van der Waals surface area contributed by atoms with E-state index in [2.05, 4.69) is 4.99 Å². The molecule has 0 radical (unpaired) electrons. The molecule has 0 amide bonds. The maximum absolute atomic E-state index is 10.0. The average molecular weight is 329 g/mol. The average Bonchev–Trinajstić information content (AvgIpc) is 2.99. The lowest BCUT2D eigenvalue weighted by molar-refractivity contribution is 0.0206. The summed E-state index contributed by atoms with van der Waals surface area (Å²) in [4.78, 5) is 6.42. The molecule has 1 aromatic carbocycles. The summed E-state index contributed by atoms with van der Waals surface area (Å²) < 4.78 is 0. The van der Waals surface area contributed by atoms with Gasteiger partial charge in [-0.05, 0) is 17.7 Å². The van der Waals surface area contributed by atoms with Crippen molar-refractivity contribution in [2.24, 2.45) is 4.99 Å². The molecule has 21 heavy (non-hydrogen) atoms. The number of aliphatic imine (C=N–C) groups is 1. The van der Waals surface area contributed by atoms with Crippen molar-refractivity contribution >= 4 is 28.5 Å². The smallest absolute Gasteiger partial charge is 0.160 e. The summed E-state index contributed by atoms with van der Waals surface area (Å²) in [5.74, 6) is 0.675. The number of benzene rings is 1. The fraction of sp³-hybridized carbons (Fsp3) is 0.500. The minimum Gasteiger partial charge on any atom is -0.394 e. The Kier molecular flexibility index (Phi) is 4.42. The second-order valence-electron chi connectivity index (χ2n) is 5.24. The van der Waals surface area contributed by atoms with Crippen LogP contribution in [0.25, 0.3) is 0 Å². The lowest BCUT2D eigenvalue weighted by Crippen LogP contribution is -2.41. The SMILES string of the molecule is OC[C@H]1[C@H](O)[C@@H](O)[C@@H]2CSC(=NCc3ccc(Cl)cc3)N12. The highest BCUT2D eigenvalue weighted by Gasteiger charge is 2.51. The molecule has 2 aliphatic heterocycles. The molecule has 0 bridgehead atoms. The molecular weight excluding hydrogens is 312 g/mol. The van der Waals surface area contributed by atoms with Crippen LogP contribution in [-0.4, -0.2) is 62.0 Å². The van der Waals surface area contributed by atoms with E-state index in [1.54, 1.807) is 11.8 Å². The molecule has 0 unspecified atom stereocenters. The molecule has 2 aliphatic rings. The van der Waals surface area contributed by atoms with Crippen molar-refractivity contribution in [2.45, 2.75) is 30.8 Å².